The fraction of sp³-hybridized carbons (Fsp3) is 0.364. The van der Waals surface area contributed by atoms with Gasteiger partial charge in [0.25, 0.3) is 0 Å². The van der Waals surface area contributed by atoms with Crippen LogP contribution in [0.25, 0.3) is 0 Å². The maximum absolute atomic E-state index is 11.5. The van der Waals surface area contributed by atoms with Crippen molar-refractivity contribution in [1.29, 1.82) is 0 Å². The Kier molecular flexibility index (Phi) is 4.62. The number of benzene rings is 1. The number of rotatable bonds is 3. The Hall–Kier alpha value is -1.03. The zero-order valence-electron chi connectivity index (χ0n) is 8.96. The van der Waals surface area contributed by atoms with E-state index in [1.165, 1.54) is 0 Å². The van der Waals surface area contributed by atoms with E-state index in [1.54, 1.807) is 11.9 Å². The lowest BCUT2D eigenvalue weighted by Crippen LogP contribution is -2.36. The third-order valence-electron chi connectivity index (χ3n) is 2.04. The maximum atomic E-state index is 11.5. The summed E-state index contributed by atoms with van der Waals surface area (Å²) in [6, 6.07) is 7.85. The Morgan fingerprint density at radius 2 is 2.13 bits per heavy atom. The summed E-state index contributed by atoms with van der Waals surface area (Å²) in [7, 11) is 1.78. The van der Waals surface area contributed by atoms with Crippen molar-refractivity contribution >= 4 is 22.0 Å². The summed E-state index contributed by atoms with van der Waals surface area (Å²) in [6.07, 6.45) is 0. The number of halogens is 1. The van der Waals surface area contributed by atoms with Crippen molar-refractivity contribution < 1.29 is 4.79 Å². The van der Waals surface area contributed by atoms with Crippen LogP contribution in [0.2, 0.25) is 0 Å². The van der Waals surface area contributed by atoms with Crippen molar-refractivity contribution in [3.8, 4) is 0 Å². The quantitative estimate of drug-likeness (QED) is 0.900. The number of amides is 2. The summed E-state index contributed by atoms with van der Waals surface area (Å²) < 4.78 is 1.03. The molecule has 3 nitrogen and oxygen atoms in total. The minimum atomic E-state index is -0.0479. The summed E-state index contributed by atoms with van der Waals surface area (Å²) in [5, 5.41) is 2.76. The molecule has 0 radical (unpaired) electrons. The Labute approximate surface area is 98.6 Å². The predicted octanol–water partition coefficient (Wildman–Crippen LogP) is 2.61. The number of urea groups is 1. The molecule has 1 N–H and O–H groups in total. The number of nitrogens with one attached hydrogen (secondary N) is 1. The summed E-state index contributed by atoms with van der Waals surface area (Å²) in [5.74, 6) is 0. The van der Waals surface area contributed by atoms with E-state index in [0.717, 1.165) is 10.0 Å². The zero-order valence-corrected chi connectivity index (χ0v) is 10.5. The predicted molar refractivity (Wildman–Crippen MR) is 64.7 cm³/mol. The average Bonchev–Trinajstić information content (AvgIpc) is 2.21. The second-order valence-corrected chi connectivity index (χ2v) is 4.14. The number of nitrogens with zero attached hydrogens (tertiary/aromatic N) is 1. The molecule has 0 aliphatic carbocycles. The Bertz CT molecular complexity index is 341. The van der Waals surface area contributed by atoms with Crippen LogP contribution in [0.4, 0.5) is 4.79 Å². The van der Waals surface area contributed by atoms with Gasteiger partial charge in [-0.05, 0) is 18.6 Å². The Balaban J connectivity index is 2.62. The van der Waals surface area contributed by atoms with Gasteiger partial charge >= 0.3 is 6.03 Å². The first-order chi connectivity index (χ1) is 7.15. The van der Waals surface area contributed by atoms with Gasteiger partial charge in [-0.25, -0.2) is 4.79 Å². The van der Waals surface area contributed by atoms with Gasteiger partial charge in [-0.3, -0.25) is 0 Å². The minimum Gasteiger partial charge on any atom is -0.338 e. The first kappa shape index (κ1) is 12.0. The average molecular weight is 271 g/mol. The highest BCUT2D eigenvalue weighted by molar-refractivity contribution is 9.10. The second kappa shape index (κ2) is 5.75. The Morgan fingerprint density at radius 1 is 1.47 bits per heavy atom. The molecule has 0 aliphatic heterocycles. The van der Waals surface area contributed by atoms with Crippen LogP contribution >= 0.6 is 15.9 Å². The molecular formula is C11H15BrN2O. The Morgan fingerprint density at radius 3 is 2.73 bits per heavy atom. The normalized spacial score (nSPS) is 9.80. The van der Waals surface area contributed by atoms with Gasteiger partial charge in [0.15, 0.2) is 0 Å². The standard InChI is InChI=1S/C11H15BrN2O/c1-3-13-11(15)14(2)8-9-6-4-5-7-10(9)12/h4-7H,3,8H2,1-2H3,(H,13,15). The van der Waals surface area contributed by atoms with Crippen LogP contribution in [0.3, 0.4) is 0 Å². The van der Waals surface area contributed by atoms with E-state index in [9.17, 15) is 4.79 Å². The van der Waals surface area contributed by atoms with Gasteiger partial charge in [-0.15, -0.1) is 0 Å². The molecule has 1 aromatic rings. The molecule has 2 amide bonds. The lowest BCUT2D eigenvalue weighted by Gasteiger charge is -2.18. The van der Waals surface area contributed by atoms with E-state index in [2.05, 4.69) is 21.2 Å². The molecule has 0 saturated heterocycles. The second-order valence-electron chi connectivity index (χ2n) is 3.28. The zero-order chi connectivity index (χ0) is 11.3. The van der Waals surface area contributed by atoms with E-state index in [1.807, 2.05) is 31.2 Å². The van der Waals surface area contributed by atoms with Crippen molar-refractivity contribution in [3.63, 3.8) is 0 Å². The topological polar surface area (TPSA) is 32.3 Å². The van der Waals surface area contributed by atoms with Gasteiger partial charge in [-0.1, -0.05) is 34.1 Å². The van der Waals surface area contributed by atoms with E-state index >= 15 is 0 Å². The molecule has 0 aromatic heterocycles. The summed E-state index contributed by atoms with van der Waals surface area (Å²) in [5.41, 5.74) is 1.10. The lowest BCUT2D eigenvalue weighted by molar-refractivity contribution is 0.207. The van der Waals surface area contributed by atoms with Crippen LogP contribution in [-0.4, -0.2) is 24.5 Å². The van der Waals surface area contributed by atoms with E-state index in [4.69, 9.17) is 0 Å². The van der Waals surface area contributed by atoms with Crippen LogP contribution in [-0.2, 0) is 6.54 Å². The van der Waals surface area contributed by atoms with Gasteiger partial charge in [0.05, 0.1) is 0 Å². The van der Waals surface area contributed by atoms with Gasteiger partial charge < -0.3 is 10.2 Å². The molecule has 4 heteroatoms. The van der Waals surface area contributed by atoms with Gasteiger partial charge in [0, 0.05) is 24.6 Å². The van der Waals surface area contributed by atoms with Crippen molar-refractivity contribution in [2.24, 2.45) is 0 Å². The van der Waals surface area contributed by atoms with Crippen LogP contribution in [0.1, 0.15) is 12.5 Å². The van der Waals surface area contributed by atoms with E-state index in [-0.39, 0.29) is 6.03 Å². The first-order valence-corrected chi connectivity index (χ1v) is 5.66. The van der Waals surface area contributed by atoms with Crippen molar-refractivity contribution in [2.45, 2.75) is 13.5 Å². The highest BCUT2D eigenvalue weighted by Crippen LogP contribution is 2.17. The molecule has 0 heterocycles. The molecule has 0 atom stereocenters. The van der Waals surface area contributed by atoms with Gasteiger partial charge in [-0.2, -0.15) is 0 Å². The molecule has 15 heavy (non-hydrogen) atoms. The third kappa shape index (κ3) is 3.55. The van der Waals surface area contributed by atoms with Crippen LogP contribution in [0.5, 0.6) is 0 Å². The highest BCUT2D eigenvalue weighted by Gasteiger charge is 2.08. The fourth-order valence-electron chi connectivity index (χ4n) is 1.24. The first-order valence-electron chi connectivity index (χ1n) is 4.87. The molecule has 1 rings (SSSR count). The minimum absolute atomic E-state index is 0.0479. The molecule has 0 saturated carbocycles. The SMILES string of the molecule is CCNC(=O)N(C)Cc1ccccc1Br. The maximum Gasteiger partial charge on any atom is 0.317 e. The smallest absolute Gasteiger partial charge is 0.317 e. The largest absolute Gasteiger partial charge is 0.338 e. The van der Waals surface area contributed by atoms with Gasteiger partial charge in [0.1, 0.15) is 0 Å². The molecule has 0 unspecified atom stereocenters. The molecule has 0 spiro atoms. The third-order valence-corrected chi connectivity index (χ3v) is 2.81. The van der Waals surface area contributed by atoms with Crippen molar-refractivity contribution in [3.05, 3.63) is 34.3 Å². The van der Waals surface area contributed by atoms with Crippen LogP contribution in [0, 0.1) is 0 Å². The van der Waals surface area contributed by atoms with Crippen molar-refractivity contribution in [2.75, 3.05) is 13.6 Å². The van der Waals surface area contributed by atoms with Crippen LogP contribution < -0.4 is 5.32 Å². The number of carbonyl (C=O) groups is 1. The fourth-order valence-corrected chi connectivity index (χ4v) is 1.65. The number of carbonyl (C=O) groups excluding carboxylic acids is 1. The summed E-state index contributed by atoms with van der Waals surface area (Å²) in [4.78, 5) is 13.1. The van der Waals surface area contributed by atoms with E-state index < -0.39 is 0 Å². The molecule has 0 aliphatic rings. The summed E-state index contributed by atoms with van der Waals surface area (Å²) >= 11 is 3.45. The molecule has 82 valence electrons. The van der Waals surface area contributed by atoms with Gasteiger partial charge in [0.2, 0.25) is 0 Å². The number of hydrogen-bond acceptors (Lipinski definition) is 1. The summed E-state index contributed by atoms with van der Waals surface area (Å²) in [6.45, 7) is 3.16. The van der Waals surface area contributed by atoms with Crippen molar-refractivity contribution in [1.82, 2.24) is 10.2 Å². The number of hydrogen-bond donors (Lipinski definition) is 1. The molecule has 0 bridgehead atoms. The highest BCUT2D eigenvalue weighted by atomic mass is 79.9. The molecule has 1 aromatic carbocycles. The monoisotopic (exact) mass is 270 g/mol. The van der Waals surface area contributed by atoms with E-state index in [0.29, 0.717) is 13.1 Å². The molecular weight excluding hydrogens is 256 g/mol. The lowest BCUT2D eigenvalue weighted by atomic mass is 10.2. The molecule has 0 fully saturated rings. The van der Waals surface area contributed by atoms with Crippen LogP contribution in [0.15, 0.2) is 28.7 Å².